The number of phenols is 1. The van der Waals surface area contributed by atoms with E-state index in [0.29, 0.717) is 17.9 Å². The zero-order chi connectivity index (χ0) is 12.3. The summed E-state index contributed by atoms with van der Waals surface area (Å²) in [7, 11) is 0. The monoisotopic (exact) mass is 231 g/mol. The highest BCUT2D eigenvalue weighted by molar-refractivity contribution is 6.03. The molecule has 2 rings (SSSR count). The summed E-state index contributed by atoms with van der Waals surface area (Å²) in [5.41, 5.74) is 1.05. The molecule has 2 N–H and O–H groups in total. The number of hydrogen-bond acceptors (Lipinski definition) is 3. The summed E-state index contributed by atoms with van der Waals surface area (Å²) in [5, 5.41) is 16.0. The average molecular weight is 231 g/mol. The number of carbonyl (C=O) groups excluding carboxylic acids is 1. The van der Waals surface area contributed by atoms with Gasteiger partial charge in [-0.3, -0.25) is 9.48 Å². The number of hydrogen-bond donors (Lipinski definition) is 2. The van der Waals surface area contributed by atoms with Crippen LogP contribution >= 0.6 is 0 Å². The van der Waals surface area contributed by atoms with E-state index in [2.05, 4.69) is 10.4 Å². The number of aromatic hydroxyl groups is 1. The second-order valence-corrected chi connectivity index (χ2v) is 3.54. The molecule has 17 heavy (non-hydrogen) atoms. The normalized spacial score (nSPS) is 10.2. The smallest absolute Gasteiger partial charge is 0.273 e. The Kier molecular flexibility index (Phi) is 3.09. The number of aromatic nitrogens is 2. The zero-order valence-corrected chi connectivity index (χ0v) is 9.42. The summed E-state index contributed by atoms with van der Waals surface area (Å²) in [4.78, 5) is 11.9. The average Bonchev–Trinajstić information content (AvgIpc) is 2.77. The van der Waals surface area contributed by atoms with Gasteiger partial charge in [-0.1, -0.05) is 6.07 Å². The first-order chi connectivity index (χ1) is 8.20. The number of aryl methyl sites for hydroxylation is 1. The van der Waals surface area contributed by atoms with Crippen LogP contribution in [0.25, 0.3) is 0 Å². The SMILES string of the molecule is CCn1nccc1C(=O)Nc1cccc(O)c1. The molecule has 0 aliphatic carbocycles. The van der Waals surface area contributed by atoms with E-state index in [1.54, 1.807) is 35.1 Å². The predicted octanol–water partition coefficient (Wildman–Crippen LogP) is 1.86. The number of anilines is 1. The lowest BCUT2D eigenvalue weighted by atomic mass is 10.3. The largest absolute Gasteiger partial charge is 0.508 e. The quantitative estimate of drug-likeness (QED) is 0.847. The van der Waals surface area contributed by atoms with Crippen molar-refractivity contribution in [3.05, 3.63) is 42.2 Å². The van der Waals surface area contributed by atoms with Gasteiger partial charge in [-0.25, -0.2) is 0 Å². The maximum Gasteiger partial charge on any atom is 0.273 e. The van der Waals surface area contributed by atoms with E-state index in [0.717, 1.165) is 0 Å². The maximum absolute atomic E-state index is 11.9. The van der Waals surface area contributed by atoms with Crippen LogP contribution in [0.1, 0.15) is 17.4 Å². The molecule has 0 atom stereocenters. The molecule has 0 bridgehead atoms. The number of nitrogens with zero attached hydrogens (tertiary/aromatic N) is 2. The first-order valence-electron chi connectivity index (χ1n) is 5.33. The molecular weight excluding hydrogens is 218 g/mol. The van der Waals surface area contributed by atoms with Gasteiger partial charge in [-0.05, 0) is 25.1 Å². The van der Waals surface area contributed by atoms with E-state index in [-0.39, 0.29) is 11.7 Å². The van der Waals surface area contributed by atoms with Crippen LogP contribution in [0.3, 0.4) is 0 Å². The van der Waals surface area contributed by atoms with Gasteiger partial charge < -0.3 is 10.4 Å². The van der Waals surface area contributed by atoms with Crippen LogP contribution in [0.2, 0.25) is 0 Å². The molecule has 0 aliphatic rings. The van der Waals surface area contributed by atoms with Gasteiger partial charge in [0, 0.05) is 24.5 Å². The van der Waals surface area contributed by atoms with Crippen molar-refractivity contribution in [1.29, 1.82) is 0 Å². The van der Waals surface area contributed by atoms with Crippen molar-refractivity contribution in [3.63, 3.8) is 0 Å². The van der Waals surface area contributed by atoms with Crippen molar-refractivity contribution in [2.75, 3.05) is 5.32 Å². The van der Waals surface area contributed by atoms with Crippen LogP contribution in [-0.2, 0) is 6.54 Å². The van der Waals surface area contributed by atoms with Crippen LogP contribution in [0.15, 0.2) is 36.5 Å². The van der Waals surface area contributed by atoms with Crippen molar-refractivity contribution in [2.45, 2.75) is 13.5 Å². The van der Waals surface area contributed by atoms with E-state index in [1.165, 1.54) is 6.07 Å². The molecule has 0 spiro atoms. The highest BCUT2D eigenvalue weighted by atomic mass is 16.3. The number of nitrogens with one attached hydrogen (secondary N) is 1. The van der Waals surface area contributed by atoms with E-state index in [1.807, 2.05) is 6.92 Å². The number of phenolic OH excluding ortho intramolecular Hbond substituents is 1. The first-order valence-corrected chi connectivity index (χ1v) is 5.33. The van der Waals surface area contributed by atoms with E-state index in [4.69, 9.17) is 0 Å². The molecule has 0 saturated heterocycles. The van der Waals surface area contributed by atoms with Crippen LogP contribution < -0.4 is 5.32 Å². The Balaban J connectivity index is 2.17. The molecule has 88 valence electrons. The molecule has 0 unspecified atom stereocenters. The van der Waals surface area contributed by atoms with Crippen LogP contribution in [0.5, 0.6) is 5.75 Å². The zero-order valence-electron chi connectivity index (χ0n) is 9.42. The van der Waals surface area contributed by atoms with Crippen molar-refractivity contribution in [2.24, 2.45) is 0 Å². The second-order valence-electron chi connectivity index (χ2n) is 3.54. The maximum atomic E-state index is 11.9. The highest BCUT2D eigenvalue weighted by Crippen LogP contribution is 2.16. The van der Waals surface area contributed by atoms with Crippen molar-refractivity contribution in [3.8, 4) is 5.75 Å². The minimum atomic E-state index is -0.241. The molecule has 1 aromatic heterocycles. The molecular formula is C12H13N3O2. The van der Waals surface area contributed by atoms with Crippen LogP contribution in [0, 0.1) is 0 Å². The fourth-order valence-electron chi connectivity index (χ4n) is 1.56. The fourth-order valence-corrected chi connectivity index (χ4v) is 1.56. The number of carbonyl (C=O) groups is 1. The molecule has 5 nitrogen and oxygen atoms in total. The molecule has 0 aliphatic heterocycles. The van der Waals surface area contributed by atoms with E-state index in [9.17, 15) is 9.90 Å². The van der Waals surface area contributed by atoms with Crippen molar-refractivity contribution < 1.29 is 9.90 Å². The number of benzene rings is 1. The van der Waals surface area contributed by atoms with Gasteiger partial charge in [0.05, 0.1) is 0 Å². The third kappa shape index (κ3) is 2.44. The Hall–Kier alpha value is -2.30. The molecule has 0 radical (unpaired) electrons. The molecule has 2 aromatic rings. The van der Waals surface area contributed by atoms with Gasteiger partial charge in [0.15, 0.2) is 0 Å². The minimum Gasteiger partial charge on any atom is -0.508 e. The van der Waals surface area contributed by atoms with Gasteiger partial charge in [0.25, 0.3) is 5.91 Å². The van der Waals surface area contributed by atoms with Crippen LogP contribution in [0.4, 0.5) is 5.69 Å². The fraction of sp³-hybridized carbons (Fsp3) is 0.167. The third-order valence-electron chi connectivity index (χ3n) is 2.35. The van der Waals surface area contributed by atoms with Crippen LogP contribution in [-0.4, -0.2) is 20.8 Å². The van der Waals surface area contributed by atoms with E-state index < -0.39 is 0 Å². The molecule has 1 aromatic carbocycles. The Bertz CT molecular complexity index is 534. The highest BCUT2D eigenvalue weighted by Gasteiger charge is 2.11. The topological polar surface area (TPSA) is 67.2 Å². The predicted molar refractivity (Wildman–Crippen MR) is 64.0 cm³/mol. The lowest BCUT2D eigenvalue weighted by molar-refractivity contribution is 0.101. The first kappa shape index (κ1) is 11.2. The Labute approximate surface area is 98.7 Å². The second kappa shape index (κ2) is 4.69. The van der Waals surface area contributed by atoms with Gasteiger partial charge in [0.2, 0.25) is 0 Å². The number of amides is 1. The summed E-state index contributed by atoms with van der Waals surface area (Å²) >= 11 is 0. The molecule has 5 heteroatoms. The summed E-state index contributed by atoms with van der Waals surface area (Å²) in [6, 6.07) is 8.07. The van der Waals surface area contributed by atoms with E-state index >= 15 is 0 Å². The Morgan fingerprint density at radius 3 is 3.00 bits per heavy atom. The Morgan fingerprint density at radius 1 is 1.47 bits per heavy atom. The van der Waals surface area contributed by atoms with Gasteiger partial charge in [0.1, 0.15) is 11.4 Å². The number of rotatable bonds is 3. The van der Waals surface area contributed by atoms with Gasteiger partial charge in [-0.15, -0.1) is 0 Å². The standard InChI is InChI=1S/C12H13N3O2/c1-2-15-11(6-7-13-15)12(17)14-9-4-3-5-10(16)8-9/h3-8,16H,2H2,1H3,(H,14,17). The summed E-state index contributed by atoms with van der Waals surface area (Å²) < 4.78 is 1.61. The molecule has 0 fully saturated rings. The Morgan fingerprint density at radius 2 is 2.29 bits per heavy atom. The lowest BCUT2D eigenvalue weighted by Gasteiger charge is -2.06. The van der Waals surface area contributed by atoms with Crippen molar-refractivity contribution in [1.82, 2.24) is 9.78 Å². The van der Waals surface area contributed by atoms with Crippen molar-refractivity contribution >= 4 is 11.6 Å². The lowest BCUT2D eigenvalue weighted by Crippen LogP contribution is -2.17. The summed E-state index contributed by atoms with van der Waals surface area (Å²) in [6.45, 7) is 2.55. The summed E-state index contributed by atoms with van der Waals surface area (Å²) in [6.07, 6.45) is 1.58. The molecule has 0 saturated carbocycles. The molecule has 1 heterocycles. The van der Waals surface area contributed by atoms with Gasteiger partial charge in [-0.2, -0.15) is 5.10 Å². The minimum absolute atomic E-state index is 0.117. The van der Waals surface area contributed by atoms with Gasteiger partial charge >= 0.3 is 0 Å². The summed E-state index contributed by atoms with van der Waals surface area (Å²) in [5.74, 6) is -0.123. The third-order valence-corrected chi connectivity index (χ3v) is 2.35. The molecule has 1 amide bonds.